The van der Waals surface area contributed by atoms with Crippen molar-refractivity contribution < 1.29 is 0 Å². The summed E-state index contributed by atoms with van der Waals surface area (Å²) in [5.41, 5.74) is 8.97. The molecule has 0 N–H and O–H groups in total. The molecule has 0 atom stereocenters. The van der Waals surface area contributed by atoms with E-state index in [1.165, 1.54) is 46.9 Å². The zero-order chi connectivity index (χ0) is 16.4. The molecule has 0 unspecified atom stereocenters. The number of rotatable bonds is 3. The zero-order valence-electron chi connectivity index (χ0n) is 14.3. The molecule has 0 saturated heterocycles. The maximum Gasteiger partial charge on any atom is 0.0514 e. The van der Waals surface area contributed by atoms with Crippen LogP contribution >= 0.6 is 8.20 Å². The molecule has 0 bridgehead atoms. The normalized spacial score (nSPS) is 15.3. The molecule has 0 aliphatic heterocycles. The Morgan fingerprint density at radius 2 is 0.957 bits per heavy atom. The van der Waals surface area contributed by atoms with Gasteiger partial charge in [0.2, 0.25) is 0 Å². The fourth-order valence-electron chi connectivity index (χ4n) is 3.13. The van der Waals surface area contributed by atoms with E-state index in [9.17, 15) is 0 Å². The third-order valence-electron chi connectivity index (χ3n) is 4.89. The maximum atomic E-state index is 2.27. The fraction of sp³-hybridized carbons (Fsp3) is 0.227. The quantitative estimate of drug-likeness (QED) is 0.561. The second-order valence-corrected chi connectivity index (χ2v) is 7.42. The first-order chi connectivity index (χ1) is 11.1. The van der Waals surface area contributed by atoms with Gasteiger partial charge in [-0.25, -0.2) is 0 Å². The van der Waals surface area contributed by atoms with Crippen molar-refractivity contribution in [3.05, 3.63) is 94.1 Å². The van der Waals surface area contributed by atoms with E-state index < -0.39 is 0 Å². The first-order valence-corrected chi connectivity index (χ1v) is 9.09. The molecule has 116 valence electrons. The van der Waals surface area contributed by atoms with Gasteiger partial charge in [-0.2, -0.15) is 0 Å². The SMILES string of the molecule is CC1=C(C)C(C)=C(C)C1=PC(c1ccccc1)c1ccccc1. The molecule has 1 heteroatoms. The van der Waals surface area contributed by atoms with Crippen molar-refractivity contribution in [3.8, 4) is 0 Å². The Hall–Kier alpha value is -1.91. The highest BCUT2D eigenvalue weighted by atomic mass is 31.1. The largest absolute Gasteiger partial charge is 0.0828 e. The van der Waals surface area contributed by atoms with Gasteiger partial charge in [-0.15, -0.1) is 0 Å². The van der Waals surface area contributed by atoms with Crippen LogP contribution in [-0.4, -0.2) is 5.29 Å². The van der Waals surface area contributed by atoms with Crippen LogP contribution in [0, 0.1) is 0 Å². The number of benzene rings is 2. The van der Waals surface area contributed by atoms with Crippen molar-refractivity contribution in [2.75, 3.05) is 0 Å². The van der Waals surface area contributed by atoms with Gasteiger partial charge in [0.25, 0.3) is 0 Å². The van der Waals surface area contributed by atoms with Crippen LogP contribution in [-0.2, 0) is 0 Å². The Kier molecular flexibility index (Phi) is 4.64. The zero-order valence-corrected chi connectivity index (χ0v) is 15.2. The molecular weight excluding hydrogens is 295 g/mol. The van der Waals surface area contributed by atoms with Crippen molar-refractivity contribution in [2.45, 2.75) is 33.4 Å². The van der Waals surface area contributed by atoms with E-state index in [1.54, 1.807) is 0 Å². The molecule has 0 fully saturated rings. The first-order valence-electron chi connectivity index (χ1n) is 8.13. The summed E-state index contributed by atoms with van der Waals surface area (Å²) in [5, 5.41) is 1.50. The molecule has 0 aromatic heterocycles. The molecule has 0 amide bonds. The molecular formula is C22H23P. The predicted molar refractivity (Wildman–Crippen MR) is 103 cm³/mol. The molecule has 3 rings (SSSR count). The summed E-state index contributed by atoms with van der Waals surface area (Å²) in [7, 11) is 1.37. The molecule has 1 aliphatic rings. The van der Waals surface area contributed by atoms with E-state index in [4.69, 9.17) is 0 Å². The summed E-state index contributed by atoms with van der Waals surface area (Å²) in [5.74, 6) is 0. The van der Waals surface area contributed by atoms with E-state index >= 15 is 0 Å². The monoisotopic (exact) mass is 318 g/mol. The van der Waals surface area contributed by atoms with E-state index in [1.807, 2.05) is 0 Å². The van der Waals surface area contributed by atoms with Gasteiger partial charge in [0.15, 0.2) is 0 Å². The van der Waals surface area contributed by atoms with Crippen LogP contribution in [0.15, 0.2) is 83.0 Å². The molecule has 0 radical (unpaired) electrons. The number of hydrogen-bond acceptors (Lipinski definition) is 0. The molecule has 0 spiro atoms. The maximum absolute atomic E-state index is 2.27. The van der Waals surface area contributed by atoms with Gasteiger partial charge in [-0.1, -0.05) is 68.9 Å². The van der Waals surface area contributed by atoms with Crippen LogP contribution in [0.4, 0.5) is 0 Å². The molecule has 0 nitrogen and oxygen atoms in total. The topological polar surface area (TPSA) is 0 Å². The lowest BCUT2D eigenvalue weighted by Gasteiger charge is -2.16. The highest BCUT2D eigenvalue weighted by Gasteiger charge is 2.21. The van der Waals surface area contributed by atoms with Gasteiger partial charge in [0.05, 0.1) is 5.66 Å². The smallest absolute Gasteiger partial charge is 0.0514 e. The molecule has 2 aromatic carbocycles. The second-order valence-electron chi connectivity index (χ2n) is 6.20. The van der Waals surface area contributed by atoms with E-state index in [0.29, 0.717) is 5.66 Å². The standard InChI is InChI=1S/C22H23P/c1-15-16(2)18(4)21(17(15)3)23-22(19-11-7-5-8-12-19)20-13-9-6-10-14-20/h5-14,22H,1-4H3. The Morgan fingerprint density at radius 3 is 1.35 bits per heavy atom. The van der Waals surface area contributed by atoms with Crippen molar-refractivity contribution in [2.24, 2.45) is 0 Å². The molecule has 0 heterocycles. The Labute approximate surface area is 141 Å². The third-order valence-corrected chi connectivity index (χ3v) is 6.67. The average Bonchev–Trinajstić information content (AvgIpc) is 2.78. The lowest BCUT2D eigenvalue weighted by atomic mass is 10.0. The minimum atomic E-state index is 0.385. The van der Waals surface area contributed by atoms with Gasteiger partial charge in [0.1, 0.15) is 0 Å². The highest BCUT2D eigenvalue weighted by Crippen LogP contribution is 2.41. The Bertz CT molecular complexity index is 727. The first kappa shape index (κ1) is 16.0. The van der Waals surface area contributed by atoms with E-state index in [2.05, 4.69) is 88.4 Å². The van der Waals surface area contributed by atoms with Crippen molar-refractivity contribution in [1.82, 2.24) is 0 Å². The summed E-state index contributed by atoms with van der Waals surface area (Å²) < 4.78 is 0. The Morgan fingerprint density at radius 1 is 0.565 bits per heavy atom. The van der Waals surface area contributed by atoms with Crippen LogP contribution in [0.2, 0.25) is 0 Å². The van der Waals surface area contributed by atoms with Crippen LogP contribution in [0.25, 0.3) is 0 Å². The van der Waals surface area contributed by atoms with Crippen molar-refractivity contribution >= 4 is 13.5 Å². The van der Waals surface area contributed by atoms with Crippen LogP contribution in [0.5, 0.6) is 0 Å². The number of allylic oxidation sites excluding steroid dienone is 4. The minimum Gasteiger partial charge on any atom is -0.0828 e. The van der Waals surface area contributed by atoms with Crippen molar-refractivity contribution in [1.29, 1.82) is 0 Å². The minimum absolute atomic E-state index is 0.385. The summed E-state index contributed by atoms with van der Waals surface area (Å²) in [4.78, 5) is 0. The average molecular weight is 318 g/mol. The van der Waals surface area contributed by atoms with Crippen LogP contribution in [0.3, 0.4) is 0 Å². The Balaban J connectivity index is 2.13. The van der Waals surface area contributed by atoms with Crippen LogP contribution < -0.4 is 0 Å². The summed E-state index contributed by atoms with van der Waals surface area (Å²) >= 11 is 0. The van der Waals surface area contributed by atoms with Gasteiger partial charge < -0.3 is 0 Å². The third kappa shape index (κ3) is 3.09. The highest BCUT2D eigenvalue weighted by molar-refractivity contribution is 7.43. The van der Waals surface area contributed by atoms with Crippen LogP contribution in [0.1, 0.15) is 44.5 Å². The molecule has 23 heavy (non-hydrogen) atoms. The second kappa shape index (κ2) is 6.69. The van der Waals surface area contributed by atoms with Gasteiger partial charge in [-0.05, 0) is 61.1 Å². The summed E-state index contributed by atoms with van der Waals surface area (Å²) in [6.07, 6.45) is 0. The van der Waals surface area contributed by atoms with Gasteiger partial charge >= 0.3 is 0 Å². The molecule has 1 aliphatic carbocycles. The lowest BCUT2D eigenvalue weighted by Crippen LogP contribution is -2.00. The van der Waals surface area contributed by atoms with Crippen molar-refractivity contribution in [3.63, 3.8) is 0 Å². The van der Waals surface area contributed by atoms with Gasteiger partial charge in [-0.3, -0.25) is 0 Å². The van der Waals surface area contributed by atoms with Gasteiger partial charge in [0, 0.05) is 5.29 Å². The number of hydrogen-bond donors (Lipinski definition) is 0. The fourth-order valence-corrected chi connectivity index (χ4v) is 4.76. The summed E-state index contributed by atoms with van der Waals surface area (Å²) in [6.45, 7) is 9.03. The van der Waals surface area contributed by atoms with E-state index in [0.717, 1.165) is 0 Å². The predicted octanol–water partition coefficient (Wildman–Crippen LogP) is 6.58. The summed E-state index contributed by atoms with van der Waals surface area (Å²) in [6, 6.07) is 21.7. The lowest BCUT2D eigenvalue weighted by molar-refractivity contribution is 1.16. The molecule has 2 aromatic rings. The molecule has 0 saturated carbocycles. The van der Waals surface area contributed by atoms with E-state index in [-0.39, 0.29) is 0 Å².